The molecule has 80 valence electrons. The summed E-state index contributed by atoms with van der Waals surface area (Å²) in [6, 6.07) is 4.02. The summed E-state index contributed by atoms with van der Waals surface area (Å²) in [7, 11) is 0. The van der Waals surface area contributed by atoms with E-state index in [1.165, 1.54) is 6.42 Å². The van der Waals surface area contributed by atoms with E-state index in [2.05, 4.69) is 11.8 Å². The maximum absolute atomic E-state index is 10.2. The average Bonchev–Trinajstić information content (AvgIpc) is 2.71. The summed E-state index contributed by atoms with van der Waals surface area (Å²) >= 11 is 1.65. The monoisotopic (exact) mass is 220 g/mol. The van der Waals surface area contributed by atoms with Crippen LogP contribution in [0.2, 0.25) is 0 Å². The zero-order valence-electron chi connectivity index (χ0n) is 8.83. The van der Waals surface area contributed by atoms with Gasteiger partial charge in [0.1, 0.15) is 0 Å². The van der Waals surface area contributed by atoms with Crippen molar-refractivity contribution in [2.45, 2.75) is 44.1 Å². The molecule has 0 atom stereocenters. The molecule has 1 heterocycles. The summed E-state index contributed by atoms with van der Waals surface area (Å²) in [5, 5.41) is 12.2. The molecule has 1 saturated carbocycles. The zero-order chi connectivity index (χ0) is 10.6. The van der Waals surface area contributed by atoms with Gasteiger partial charge in [-0.15, -0.1) is 11.3 Å². The number of hydrogen-bond donors (Lipinski definition) is 1. The lowest BCUT2D eigenvalue weighted by Gasteiger charge is -2.30. The lowest BCUT2D eigenvalue weighted by molar-refractivity contribution is 0.00895. The minimum atomic E-state index is -0.498. The van der Waals surface area contributed by atoms with E-state index in [0.717, 1.165) is 30.6 Å². The molecule has 0 spiro atoms. The van der Waals surface area contributed by atoms with E-state index in [9.17, 15) is 5.11 Å². The Morgan fingerprint density at radius 2 is 2.13 bits per heavy atom. The highest BCUT2D eigenvalue weighted by Gasteiger charge is 2.27. The first-order valence-electron chi connectivity index (χ1n) is 5.53. The molecule has 1 aromatic heterocycles. The van der Waals surface area contributed by atoms with E-state index in [1.54, 1.807) is 11.3 Å². The predicted octanol–water partition coefficient (Wildman–Crippen LogP) is 3.18. The van der Waals surface area contributed by atoms with Crippen LogP contribution in [0.5, 0.6) is 0 Å². The average molecular weight is 220 g/mol. The van der Waals surface area contributed by atoms with Gasteiger partial charge >= 0.3 is 0 Å². The second-order valence-corrected chi connectivity index (χ2v) is 5.19. The van der Waals surface area contributed by atoms with Crippen molar-refractivity contribution in [2.75, 3.05) is 0 Å². The second kappa shape index (κ2) is 4.83. The molecule has 0 unspecified atom stereocenters. The molecule has 0 aromatic carbocycles. The molecule has 1 fully saturated rings. The molecule has 0 amide bonds. The largest absolute Gasteiger partial charge is 0.389 e. The van der Waals surface area contributed by atoms with Crippen LogP contribution in [0.15, 0.2) is 17.5 Å². The minimum Gasteiger partial charge on any atom is -0.389 e. The van der Waals surface area contributed by atoms with Gasteiger partial charge in [-0.25, -0.2) is 0 Å². The van der Waals surface area contributed by atoms with Crippen molar-refractivity contribution < 1.29 is 5.11 Å². The van der Waals surface area contributed by atoms with Crippen molar-refractivity contribution >= 4 is 11.3 Å². The minimum absolute atomic E-state index is 0.498. The predicted molar refractivity (Wildman–Crippen MR) is 63.8 cm³/mol. The van der Waals surface area contributed by atoms with E-state index in [0.29, 0.717) is 6.42 Å². The first-order chi connectivity index (χ1) is 7.29. The van der Waals surface area contributed by atoms with Crippen LogP contribution in [0.4, 0.5) is 0 Å². The van der Waals surface area contributed by atoms with Gasteiger partial charge in [-0.3, -0.25) is 0 Å². The van der Waals surface area contributed by atoms with Crippen LogP contribution in [0, 0.1) is 11.8 Å². The fourth-order valence-corrected chi connectivity index (χ4v) is 2.62. The Labute approximate surface area is 95.1 Å². The Balaban J connectivity index is 1.91. The Morgan fingerprint density at radius 3 is 2.80 bits per heavy atom. The van der Waals surface area contributed by atoms with E-state index >= 15 is 0 Å². The first-order valence-corrected chi connectivity index (χ1v) is 6.41. The molecule has 2 heteroatoms. The third-order valence-corrected chi connectivity index (χ3v) is 3.72. The molecule has 0 saturated heterocycles. The van der Waals surface area contributed by atoms with Crippen molar-refractivity contribution in [3.8, 4) is 11.8 Å². The molecular weight excluding hydrogens is 204 g/mol. The van der Waals surface area contributed by atoms with E-state index in [4.69, 9.17) is 0 Å². The summed E-state index contributed by atoms with van der Waals surface area (Å²) in [5.41, 5.74) is -0.498. The molecule has 0 bridgehead atoms. The molecule has 0 radical (unpaired) electrons. The standard InChI is InChI=1S/C13H16OS/c14-13(8-2-1-3-9-13)10-4-6-12-7-5-11-15-12/h5,7,11,14H,1-3,8-10H2. The maximum atomic E-state index is 10.2. The van der Waals surface area contributed by atoms with Crippen molar-refractivity contribution in [2.24, 2.45) is 0 Å². The fraction of sp³-hybridized carbons (Fsp3) is 0.538. The van der Waals surface area contributed by atoms with Crippen molar-refractivity contribution in [3.63, 3.8) is 0 Å². The Morgan fingerprint density at radius 1 is 1.33 bits per heavy atom. The lowest BCUT2D eigenvalue weighted by Crippen LogP contribution is -2.30. The fourth-order valence-electron chi connectivity index (χ4n) is 2.03. The molecule has 15 heavy (non-hydrogen) atoms. The van der Waals surface area contributed by atoms with Crippen LogP contribution in [0.25, 0.3) is 0 Å². The third-order valence-electron chi connectivity index (χ3n) is 2.93. The van der Waals surface area contributed by atoms with Crippen LogP contribution in [-0.2, 0) is 0 Å². The normalized spacial score (nSPS) is 19.3. The quantitative estimate of drug-likeness (QED) is 0.721. The zero-order valence-corrected chi connectivity index (χ0v) is 9.65. The Hall–Kier alpha value is -0.780. The molecular formula is C13H16OS. The van der Waals surface area contributed by atoms with Crippen LogP contribution < -0.4 is 0 Å². The van der Waals surface area contributed by atoms with E-state index in [-0.39, 0.29) is 0 Å². The summed E-state index contributed by atoms with van der Waals surface area (Å²) in [4.78, 5) is 1.09. The smallest absolute Gasteiger partial charge is 0.0768 e. The summed E-state index contributed by atoms with van der Waals surface area (Å²) in [6.07, 6.45) is 6.04. The van der Waals surface area contributed by atoms with Gasteiger partial charge in [0.05, 0.1) is 10.5 Å². The molecule has 0 aliphatic heterocycles. The number of aliphatic hydroxyl groups is 1. The number of rotatable bonds is 1. The summed E-state index contributed by atoms with van der Waals surface area (Å²) in [6.45, 7) is 0. The van der Waals surface area contributed by atoms with Crippen LogP contribution >= 0.6 is 11.3 Å². The molecule has 1 nitrogen and oxygen atoms in total. The molecule has 1 aromatic rings. The SMILES string of the molecule is OC1(CC#Cc2cccs2)CCCCC1. The first kappa shape index (κ1) is 10.7. The molecule has 1 aliphatic rings. The van der Waals surface area contributed by atoms with Crippen molar-refractivity contribution in [1.29, 1.82) is 0 Å². The third kappa shape index (κ3) is 3.09. The van der Waals surface area contributed by atoms with Crippen LogP contribution in [0.3, 0.4) is 0 Å². The molecule has 1 N–H and O–H groups in total. The van der Waals surface area contributed by atoms with E-state index < -0.39 is 5.60 Å². The topological polar surface area (TPSA) is 20.2 Å². The highest BCUT2D eigenvalue weighted by Crippen LogP contribution is 2.30. The van der Waals surface area contributed by atoms with Gasteiger partial charge in [-0.05, 0) is 24.3 Å². The van der Waals surface area contributed by atoms with Crippen LogP contribution in [0.1, 0.15) is 43.4 Å². The summed E-state index contributed by atoms with van der Waals surface area (Å²) < 4.78 is 0. The summed E-state index contributed by atoms with van der Waals surface area (Å²) in [5.74, 6) is 6.21. The highest BCUT2D eigenvalue weighted by atomic mass is 32.1. The lowest BCUT2D eigenvalue weighted by atomic mass is 9.83. The van der Waals surface area contributed by atoms with Crippen molar-refractivity contribution in [3.05, 3.63) is 22.4 Å². The number of hydrogen-bond acceptors (Lipinski definition) is 2. The van der Waals surface area contributed by atoms with Gasteiger partial charge in [0.25, 0.3) is 0 Å². The number of thiophene rings is 1. The second-order valence-electron chi connectivity index (χ2n) is 4.24. The van der Waals surface area contributed by atoms with Gasteiger partial charge in [0.2, 0.25) is 0 Å². The van der Waals surface area contributed by atoms with Gasteiger partial charge < -0.3 is 5.11 Å². The van der Waals surface area contributed by atoms with Crippen molar-refractivity contribution in [1.82, 2.24) is 0 Å². The van der Waals surface area contributed by atoms with Gasteiger partial charge in [0.15, 0.2) is 0 Å². The maximum Gasteiger partial charge on any atom is 0.0768 e. The Bertz CT molecular complexity index is 350. The van der Waals surface area contributed by atoms with Gasteiger partial charge in [-0.2, -0.15) is 0 Å². The van der Waals surface area contributed by atoms with Crippen LogP contribution in [-0.4, -0.2) is 10.7 Å². The van der Waals surface area contributed by atoms with Gasteiger partial charge in [-0.1, -0.05) is 37.2 Å². The molecule has 1 aliphatic carbocycles. The highest BCUT2D eigenvalue weighted by molar-refractivity contribution is 7.10. The van der Waals surface area contributed by atoms with E-state index in [1.807, 2.05) is 17.5 Å². The molecule has 2 rings (SSSR count). The Kier molecular flexibility index (Phi) is 3.45. The van der Waals surface area contributed by atoms with Gasteiger partial charge in [0, 0.05) is 6.42 Å².